The third-order valence-electron chi connectivity index (χ3n) is 3.66. The van der Waals surface area contributed by atoms with Gasteiger partial charge in [-0.2, -0.15) is 0 Å². The lowest BCUT2D eigenvalue weighted by atomic mass is 10.2. The number of ether oxygens (including phenoxy) is 1. The third kappa shape index (κ3) is 2.89. The van der Waals surface area contributed by atoms with Crippen LogP contribution in [-0.2, 0) is 6.54 Å². The van der Waals surface area contributed by atoms with Gasteiger partial charge in [-0.25, -0.2) is 0 Å². The van der Waals surface area contributed by atoms with Crippen LogP contribution >= 0.6 is 0 Å². The number of fused-ring (bicyclic) bond motifs is 1. The molecule has 0 fully saturated rings. The van der Waals surface area contributed by atoms with Crippen LogP contribution in [0.4, 0.5) is 5.69 Å². The Kier molecular flexibility index (Phi) is 4.24. The molecule has 0 unspecified atom stereocenters. The monoisotopic (exact) mass is 292 g/mol. The van der Waals surface area contributed by atoms with E-state index in [0.29, 0.717) is 6.61 Å². The van der Waals surface area contributed by atoms with E-state index in [4.69, 9.17) is 4.74 Å². The van der Waals surface area contributed by atoms with E-state index in [-0.39, 0.29) is 0 Å². The molecule has 0 amide bonds. The van der Waals surface area contributed by atoms with Crippen molar-refractivity contribution in [3.05, 3.63) is 60.3 Å². The Balaban J connectivity index is 1.89. The maximum Gasteiger partial charge on any atom is 0.119 e. The zero-order valence-electron chi connectivity index (χ0n) is 13.0. The summed E-state index contributed by atoms with van der Waals surface area (Å²) in [4.78, 5) is 4.58. The van der Waals surface area contributed by atoms with Crippen molar-refractivity contribution in [2.45, 2.75) is 20.4 Å². The standard InChI is InChI=1S/C19H20N2O/c1-3-21-14-15(18-7-5-6-8-19(18)21)13-20-16-9-11-17(12-10-16)22-4-2/h5-14H,3-4H2,1-2H3. The first-order valence-corrected chi connectivity index (χ1v) is 7.66. The minimum atomic E-state index is 0.680. The lowest BCUT2D eigenvalue weighted by Crippen LogP contribution is -1.90. The van der Waals surface area contributed by atoms with Crippen LogP contribution in [0.2, 0.25) is 0 Å². The van der Waals surface area contributed by atoms with Crippen LogP contribution in [0.3, 0.4) is 0 Å². The van der Waals surface area contributed by atoms with Gasteiger partial charge < -0.3 is 9.30 Å². The van der Waals surface area contributed by atoms with Crippen LogP contribution in [-0.4, -0.2) is 17.4 Å². The first-order chi connectivity index (χ1) is 10.8. The molecule has 112 valence electrons. The molecule has 1 aromatic heterocycles. The summed E-state index contributed by atoms with van der Waals surface area (Å²) in [5, 5.41) is 1.24. The molecule has 0 saturated carbocycles. The van der Waals surface area contributed by atoms with Crippen molar-refractivity contribution in [3.63, 3.8) is 0 Å². The van der Waals surface area contributed by atoms with Crippen LogP contribution in [0.15, 0.2) is 59.7 Å². The summed E-state index contributed by atoms with van der Waals surface area (Å²) in [5.74, 6) is 0.879. The van der Waals surface area contributed by atoms with E-state index in [9.17, 15) is 0 Å². The number of para-hydroxylation sites is 1. The summed E-state index contributed by atoms with van der Waals surface area (Å²) in [6.07, 6.45) is 4.09. The van der Waals surface area contributed by atoms with E-state index in [1.165, 1.54) is 10.9 Å². The number of hydrogen-bond donors (Lipinski definition) is 0. The number of aryl methyl sites for hydroxylation is 1. The van der Waals surface area contributed by atoms with Gasteiger partial charge in [-0.3, -0.25) is 4.99 Å². The lowest BCUT2D eigenvalue weighted by Gasteiger charge is -2.01. The van der Waals surface area contributed by atoms with Crippen molar-refractivity contribution in [3.8, 4) is 5.75 Å². The fourth-order valence-corrected chi connectivity index (χ4v) is 2.58. The Labute approximate surface area is 130 Å². The highest BCUT2D eigenvalue weighted by molar-refractivity contribution is 6.00. The summed E-state index contributed by atoms with van der Waals surface area (Å²) in [7, 11) is 0. The SMILES string of the molecule is CCOc1ccc(N=Cc2cn(CC)c3ccccc23)cc1. The number of hydrogen-bond acceptors (Lipinski definition) is 2. The van der Waals surface area contributed by atoms with Crippen molar-refractivity contribution in [1.29, 1.82) is 0 Å². The molecule has 0 aliphatic heterocycles. The number of benzene rings is 2. The van der Waals surface area contributed by atoms with Crippen molar-refractivity contribution < 1.29 is 4.74 Å². The molecule has 3 aromatic rings. The normalized spacial score (nSPS) is 11.4. The Morgan fingerprint density at radius 2 is 1.82 bits per heavy atom. The summed E-state index contributed by atoms with van der Waals surface area (Å²) in [6, 6.07) is 16.3. The molecular weight excluding hydrogens is 272 g/mol. The predicted molar refractivity (Wildman–Crippen MR) is 92.5 cm³/mol. The van der Waals surface area contributed by atoms with Crippen LogP contribution < -0.4 is 4.74 Å². The predicted octanol–water partition coefficient (Wildman–Crippen LogP) is 4.81. The molecule has 0 radical (unpaired) electrons. The molecule has 3 nitrogen and oxygen atoms in total. The van der Waals surface area contributed by atoms with E-state index >= 15 is 0 Å². The summed E-state index contributed by atoms with van der Waals surface area (Å²) < 4.78 is 7.69. The molecular formula is C19H20N2O. The van der Waals surface area contributed by atoms with E-state index in [0.717, 1.165) is 23.5 Å². The smallest absolute Gasteiger partial charge is 0.119 e. The van der Waals surface area contributed by atoms with E-state index in [1.54, 1.807) is 0 Å². The molecule has 0 spiro atoms. The lowest BCUT2D eigenvalue weighted by molar-refractivity contribution is 0.340. The van der Waals surface area contributed by atoms with Crippen molar-refractivity contribution >= 4 is 22.8 Å². The quantitative estimate of drug-likeness (QED) is 0.620. The summed E-state index contributed by atoms with van der Waals surface area (Å²) in [6.45, 7) is 5.77. The number of rotatable bonds is 5. The molecule has 3 rings (SSSR count). The highest BCUT2D eigenvalue weighted by atomic mass is 16.5. The van der Waals surface area contributed by atoms with Gasteiger partial charge in [0, 0.05) is 35.4 Å². The highest BCUT2D eigenvalue weighted by Gasteiger charge is 2.04. The second kappa shape index (κ2) is 6.48. The van der Waals surface area contributed by atoms with Crippen molar-refractivity contribution in [2.75, 3.05) is 6.61 Å². The fourth-order valence-electron chi connectivity index (χ4n) is 2.58. The Hall–Kier alpha value is -2.55. The first kappa shape index (κ1) is 14.4. The summed E-state index contributed by atoms with van der Waals surface area (Å²) in [5.41, 5.74) is 3.32. The van der Waals surface area contributed by atoms with Crippen LogP contribution in [0.25, 0.3) is 10.9 Å². The maximum atomic E-state index is 5.44. The fraction of sp³-hybridized carbons (Fsp3) is 0.211. The van der Waals surface area contributed by atoms with Crippen LogP contribution in [0.1, 0.15) is 19.4 Å². The maximum absolute atomic E-state index is 5.44. The zero-order chi connectivity index (χ0) is 15.4. The Morgan fingerprint density at radius 3 is 2.55 bits per heavy atom. The topological polar surface area (TPSA) is 26.5 Å². The zero-order valence-corrected chi connectivity index (χ0v) is 13.0. The van der Waals surface area contributed by atoms with Gasteiger partial charge in [0.15, 0.2) is 0 Å². The largest absolute Gasteiger partial charge is 0.494 e. The van der Waals surface area contributed by atoms with E-state index in [2.05, 4.69) is 46.9 Å². The molecule has 22 heavy (non-hydrogen) atoms. The molecule has 0 aliphatic rings. The van der Waals surface area contributed by atoms with Gasteiger partial charge in [-0.1, -0.05) is 18.2 Å². The Morgan fingerprint density at radius 1 is 1.05 bits per heavy atom. The molecule has 1 heterocycles. The van der Waals surface area contributed by atoms with E-state index < -0.39 is 0 Å². The van der Waals surface area contributed by atoms with Gasteiger partial charge in [0.2, 0.25) is 0 Å². The number of aliphatic imine (C=N–C) groups is 1. The highest BCUT2D eigenvalue weighted by Crippen LogP contribution is 2.22. The molecule has 0 N–H and O–H groups in total. The second-order valence-electron chi connectivity index (χ2n) is 5.07. The minimum absolute atomic E-state index is 0.680. The van der Waals surface area contributed by atoms with Gasteiger partial charge in [-0.05, 0) is 44.2 Å². The minimum Gasteiger partial charge on any atom is -0.494 e. The molecule has 0 bridgehead atoms. The first-order valence-electron chi connectivity index (χ1n) is 7.66. The molecule has 2 aromatic carbocycles. The second-order valence-corrected chi connectivity index (χ2v) is 5.07. The van der Waals surface area contributed by atoms with Gasteiger partial charge in [0.05, 0.1) is 12.3 Å². The van der Waals surface area contributed by atoms with Crippen LogP contribution in [0.5, 0.6) is 5.75 Å². The number of nitrogens with zero attached hydrogens (tertiary/aromatic N) is 2. The van der Waals surface area contributed by atoms with Gasteiger partial charge in [-0.15, -0.1) is 0 Å². The molecule has 0 aliphatic carbocycles. The summed E-state index contributed by atoms with van der Waals surface area (Å²) >= 11 is 0. The van der Waals surface area contributed by atoms with Crippen molar-refractivity contribution in [1.82, 2.24) is 4.57 Å². The average molecular weight is 292 g/mol. The van der Waals surface area contributed by atoms with Gasteiger partial charge >= 0.3 is 0 Å². The van der Waals surface area contributed by atoms with Gasteiger partial charge in [0.25, 0.3) is 0 Å². The Bertz CT molecular complexity index is 785. The third-order valence-corrected chi connectivity index (χ3v) is 3.66. The van der Waals surface area contributed by atoms with Crippen LogP contribution in [0, 0.1) is 0 Å². The molecule has 0 saturated heterocycles. The van der Waals surface area contributed by atoms with Gasteiger partial charge in [0.1, 0.15) is 5.75 Å². The van der Waals surface area contributed by atoms with E-state index in [1.807, 2.05) is 37.4 Å². The molecule has 3 heteroatoms. The molecule has 0 atom stereocenters. The van der Waals surface area contributed by atoms with Crippen molar-refractivity contribution in [2.24, 2.45) is 4.99 Å². The number of aromatic nitrogens is 1. The average Bonchev–Trinajstić information content (AvgIpc) is 2.93.